The van der Waals surface area contributed by atoms with Gasteiger partial charge in [-0.1, -0.05) is 54.6 Å². The molecule has 4 rings (SSSR count). The van der Waals surface area contributed by atoms with Crippen LogP contribution in [0.25, 0.3) is 0 Å². The highest BCUT2D eigenvalue weighted by Gasteiger charge is 2.37. The van der Waals surface area contributed by atoms with Crippen LogP contribution in [-0.2, 0) is 20.6 Å². The molecule has 1 heterocycles. The van der Waals surface area contributed by atoms with Gasteiger partial charge in [-0.3, -0.25) is 13.9 Å². The summed E-state index contributed by atoms with van der Waals surface area (Å²) in [4.78, 5) is 26.1. The van der Waals surface area contributed by atoms with Crippen LogP contribution in [-0.4, -0.2) is 38.4 Å². The van der Waals surface area contributed by atoms with Crippen LogP contribution in [0.2, 0.25) is 0 Å². The first-order valence-electron chi connectivity index (χ1n) is 11.6. The minimum Gasteiger partial charge on any atom is -0.476 e. The van der Waals surface area contributed by atoms with Crippen molar-refractivity contribution >= 4 is 33.2 Å². The molecule has 0 saturated heterocycles. The lowest BCUT2D eigenvalue weighted by Gasteiger charge is -2.34. The lowest BCUT2D eigenvalue weighted by Crippen LogP contribution is -2.49. The van der Waals surface area contributed by atoms with Crippen molar-refractivity contribution in [3.8, 4) is 5.75 Å². The third kappa shape index (κ3) is 5.85. The van der Waals surface area contributed by atoms with Gasteiger partial charge in [-0.05, 0) is 50.6 Å². The van der Waals surface area contributed by atoms with Gasteiger partial charge >= 0.3 is 0 Å². The van der Waals surface area contributed by atoms with Crippen molar-refractivity contribution < 1.29 is 22.7 Å². The van der Waals surface area contributed by atoms with Crippen LogP contribution >= 0.6 is 0 Å². The van der Waals surface area contributed by atoms with Crippen molar-refractivity contribution in [2.45, 2.75) is 38.2 Å². The Labute approximate surface area is 211 Å². The number of carbonyl (C=O) groups is 2. The molecule has 188 valence electrons. The van der Waals surface area contributed by atoms with E-state index in [4.69, 9.17) is 4.74 Å². The van der Waals surface area contributed by atoms with Crippen molar-refractivity contribution in [1.29, 1.82) is 0 Å². The molecule has 0 saturated carbocycles. The summed E-state index contributed by atoms with van der Waals surface area (Å²) in [5.41, 5.74) is 1.16. The molecule has 3 aromatic rings. The molecule has 9 heteroatoms. The number of nitrogens with one attached hydrogen (secondary N) is 2. The predicted octanol–water partition coefficient (Wildman–Crippen LogP) is 3.95. The van der Waals surface area contributed by atoms with Gasteiger partial charge in [0.15, 0.2) is 6.10 Å². The largest absolute Gasteiger partial charge is 0.476 e. The first kappa shape index (κ1) is 25.2. The summed E-state index contributed by atoms with van der Waals surface area (Å²) >= 11 is 0. The Balaban J connectivity index is 1.59. The summed E-state index contributed by atoms with van der Waals surface area (Å²) in [6, 6.07) is 22.2. The minimum absolute atomic E-state index is 0.200. The maximum Gasteiger partial charge on any atom is 0.267 e. The van der Waals surface area contributed by atoms with Crippen molar-refractivity contribution in [1.82, 2.24) is 5.32 Å². The summed E-state index contributed by atoms with van der Waals surface area (Å²) in [6.45, 7) is 5.39. The van der Waals surface area contributed by atoms with E-state index >= 15 is 0 Å². The Bertz CT molecular complexity index is 1370. The summed E-state index contributed by atoms with van der Waals surface area (Å²) in [7, 11) is -3.82. The number of hydrogen-bond acceptors (Lipinski definition) is 5. The van der Waals surface area contributed by atoms with E-state index in [-0.39, 0.29) is 18.2 Å². The van der Waals surface area contributed by atoms with E-state index in [1.165, 1.54) is 4.31 Å². The number of amides is 2. The standard InChI is InChI=1S/C27H29N3O5S/c1-27(2,3)29-25(31)20-13-7-8-14-21(20)28-26(32)24-17-30(22-15-9-10-16-23(22)35-24)36(33,34)18-19-11-5-4-6-12-19/h4-16,24H,17-18H2,1-3H3,(H,28,32)(H,29,31). The second-order valence-corrected chi connectivity index (χ2v) is 11.5. The topological polar surface area (TPSA) is 105 Å². The molecule has 3 aromatic carbocycles. The number of hydrogen-bond donors (Lipinski definition) is 2. The highest BCUT2D eigenvalue weighted by Crippen LogP contribution is 2.36. The van der Waals surface area contributed by atoms with E-state index < -0.39 is 27.6 Å². The number of anilines is 2. The summed E-state index contributed by atoms with van der Waals surface area (Å²) in [5.74, 6) is -0.813. The average molecular weight is 508 g/mol. The van der Waals surface area contributed by atoms with E-state index in [0.29, 0.717) is 28.3 Å². The summed E-state index contributed by atoms with van der Waals surface area (Å²) in [6.07, 6.45) is -1.12. The SMILES string of the molecule is CC(C)(C)NC(=O)c1ccccc1NC(=O)C1CN(S(=O)(=O)Cc2ccccc2)c2ccccc2O1. The van der Waals surface area contributed by atoms with Crippen LogP contribution in [0.4, 0.5) is 11.4 Å². The Morgan fingerprint density at radius 1 is 0.944 bits per heavy atom. The second-order valence-electron chi connectivity index (χ2n) is 9.59. The number of sulfonamides is 1. The zero-order chi connectivity index (χ0) is 25.9. The molecule has 0 bridgehead atoms. The normalized spacial score (nSPS) is 15.4. The third-order valence-electron chi connectivity index (χ3n) is 5.47. The maximum absolute atomic E-state index is 13.4. The smallest absolute Gasteiger partial charge is 0.267 e. The minimum atomic E-state index is -3.82. The molecule has 36 heavy (non-hydrogen) atoms. The fourth-order valence-electron chi connectivity index (χ4n) is 3.88. The number of benzene rings is 3. The van der Waals surface area contributed by atoms with Gasteiger partial charge in [-0.15, -0.1) is 0 Å². The van der Waals surface area contributed by atoms with Gasteiger partial charge < -0.3 is 15.4 Å². The number of rotatable bonds is 6. The molecular formula is C27H29N3O5S. The maximum atomic E-state index is 13.4. The Hall–Kier alpha value is -3.85. The zero-order valence-electron chi connectivity index (χ0n) is 20.4. The average Bonchev–Trinajstić information content (AvgIpc) is 2.83. The van der Waals surface area contributed by atoms with E-state index in [2.05, 4.69) is 10.6 Å². The predicted molar refractivity (Wildman–Crippen MR) is 140 cm³/mol. The molecule has 1 unspecified atom stereocenters. The van der Waals surface area contributed by atoms with Gasteiger partial charge in [0.1, 0.15) is 5.75 Å². The van der Waals surface area contributed by atoms with Crippen molar-refractivity contribution in [3.63, 3.8) is 0 Å². The van der Waals surface area contributed by atoms with E-state index in [1.54, 1.807) is 72.8 Å². The van der Waals surface area contributed by atoms with Crippen LogP contribution in [0.15, 0.2) is 78.9 Å². The highest BCUT2D eigenvalue weighted by atomic mass is 32.2. The lowest BCUT2D eigenvalue weighted by molar-refractivity contribution is -0.122. The van der Waals surface area contributed by atoms with Gasteiger partial charge in [-0.2, -0.15) is 0 Å². The molecular weight excluding hydrogens is 478 g/mol. The van der Waals surface area contributed by atoms with Crippen LogP contribution in [0.3, 0.4) is 0 Å². The molecule has 0 spiro atoms. The van der Waals surface area contributed by atoms with Crippen LogP contribution < -0.4 is 19.7 Å². The molecule has 2 amide bonds. The fourth-order valence-corrected chi connectivity index (χ4v) is 5.46. The Morgan fingerprint density at radius 2 is 1.58 bits per heavy atom. The van der Waals surface area contributed by atoms with Crippen molar-refractivity contribution in [3.05, 3.63) is 90.0 Å². The quantitative estimate of drug-likeness (QED) is 0.526. The number of ether oxygens (including phenoxy) is 1. The van der Waals surface area contributed by atoms with Gasteiger partial charge in [-0.25, -0.2) is 8.42 Å². The number of carbonyl (C=O) groups excluding carboxylic acids is 2. The molecule has 1 atom stereocenters. The Kier molecular flexibility index (Phi) is 7.03. The molecule has 1 aliphatic heterocycles. The molecule has 0 fully saturated rings. The zero-order valence-corrected chi connectivity index (χ0v) is 21.2. The molecule has 0 radical (unpaired) electrons. The van der Waals surface area contributed by atoms with Gasteiger partial charge in [0.25, 0.3) is 11.8 Å². The van der Waals surface area contributed by atoms with E-state index in [0.717, 1.165) is 0 Å². The molecule has 8 nitrogen and oxygen atoms in total. The monoisotopic (exact) mass is 507 g/mol. The number of nitrogens with zero attached hydrogens (tertiary/aromatic N) is 1. The summed E-state index contributed by atoms with van der Waals surface area (Å²) in [5, 5.41) is 5.64. The van der Waals surface area contributed by atoms with E-state index in [1.807, 2.05) is 26.8 Å². The van der Waals surface area contributed by atoms with Crippen molar-refractivity contribution in [2.75, 3.05) is 16.2 Å². The van der Waals surface area contributed by atoms with E-state index in [9.17, 15) is 18.0 Å². The Morgan fingerprint density at radius 3 is 2.31 bits per heavy atom. The van der Waals surface area contributed by atoms with Crippen molar-refractivity contribution in [2.24, 2.45) is 0 Å². The fraction of sp³-hybridized carbons (Fsp3) is 0.259. The second kappa shape index (κ2) is 10.0. The summed E-state index contributed by atoms with van der Waals surface area (Å²) < 4.78 is 33.9. The number of fused-ring (bicyclic) bond motifs is 1. The molecule has 2 N–H and O–H groups in total. The molecule has 0 aromatic heterocycles. The van der Waals surface area contributed by atoms with Crippen LogP contribution in [0.5, 0.6) is 5.75 Å². The first-order valence-corrected chi connectivity index (χ1v) is 13.2. The van der Waals surface area contributed by atoms with Gasteiger partial charge in [0, 0.05) is 5.54 Å². The third-order valence-corrected chi connectivity index (χ3v) is 7.19. The number of para-hydroxylation sites is 3. The highest BCUT2D eigenvalue weighted by molar-refractivity contribution is 7.92. The van der Waals surface area contributed by atoms with Crippen LogP contribution in [0.1, 0.15) is 36.7 Å². The molecule has 1 aliphatic rings. The first-order chi connectivity index (χ1) is 17.0. The van der Waals surface area contributed by atoms with Gasteiger partial charge in [0.05, 0.1) is 29.2 Å². The lowest BCUT2D eigenvalue weighted by atomic mass is 10.1. The molecule has 0 aliphatic carbocycles. The van der Waals surface area contributed by atoms with Crippen LogP contribution in [0, 0.1) is 0 Å². The van der Waals surface area contributed by atoms with Gasteiger partial charge in [0.2, 0.25) is 10.0 Å².